The first-order chi connectivity index (χ1) is 12.1. The van der Waals surface area contributed by atoms with Gasteiger partial charge in [-0.1, -0.05) is 18.2 Å². The summed E-state index contributed by atoms with van der Waals surface area (Å²) < 4.78 is 5.72. The molecule has 2 N–H and O–H groups in total. The average Bonchev–Trinajstić information content (AvgIpc) is 3.08. The zero-order valence-corrected chi connectivity index (χ0v) is 14.6. The van der Waals surface area contributed by atoms with Crippen LogP contribution in [0.15, 0.2) is 70.0 Å². The van der Waals surface area contributed by atoms with Gasteiger partial charge in [-0.15, -0.1) is 0 Å². The zero-order valence-electron chi connectivity index (χ0n) is 13.0. The van der Waals surface area contributed by atoms with E-state index in [0.717, 1.165) is 5.56 Å². The van der Waals surface area contributed by atoms with Crippen molar-refractivity contribution < 1.29 is 14.0 Å². The molecule has 25 heavy (non-hydrogen) atoms. The number of carbonyl (C=O) groups is 2. The second kappa shape index (κ2) is 7.76. The molecule has 2 aromatic heterocycles. The number of amides is 2. The number of hydrogen-bond acceptors (Lipinski definition) is 4. The quantitative estimate of drug-likeness (QED) is 0.685. The van der Waals surface area contributed by atoms with E-state index in [2.05, 4.69) is 31.5 Å². The Morgan fingerprint density at radius 2 is 1.88 bits per heavy atom. The van der Waals surface area contributed by atoms with Crippen molar-refractivity contribution in [2.24, 2.45) is 0 Å². The minimum atomic E-state index is -0.364. The molecule has 7 heteroatoms. The molecule has 0 unspecified atom stereocenters. The Morgan fingerprint density at radius 1 is 1.04 bits per heavy atom. The highest BCUT2D eigenvalue weighted by atomic mass is 79.9. The molecule has 2 amide bonds. The summed E-state index contributed by atoms with van der Waals surface area (Å²) in [5.74, 6) is -0.401. The van der Waals surface area contributed by atoms with Gasteiger partial charge in [0.1, 0.15) is 0 Å². The number of nitrogens with zero attached hydrogens (tertiary/aromatic N) is 1. The molecule has 0 atom stereocenters. The first kappa shape index (κ1) is 16.9. The van der Waals surface area contributed by atoms with Crippen LogP contribution in [0.3, 0.4) is 0 Å². The fourth-order valence-electron chi connectivity index (χ4n) is 2.19. The predicted octanol–water partition coefficient (Wildman–Crippen LogP) is 3.62. The molecular formula is C18H14BrN3O3. The van der Waals surface area contributed by atoms with Gasteiger partial charge in [-0.3, -0.25) is 14.6 Å². The Morgan fingerprint density at radius 3 is 2.60 bits per heavy atom. The van der Waals surface area contributed by atoms with Crippen LogP contribution in [0.25, 0.3) is 0 Å². The molecule has 0 bridgehead atoms. The Bertz CT molecular complexity index is 893. The minimum absolute atomic E-state index is 0.195. The normalized spacial score (nSPS) is 10.3. The highest BCUT2D eigenvalue weighted by molar-refractivity contribution is 9.10. The summed E-state index contributed by atoms with van der Waals surface area (Å²) in [5.41, 5.74) is 1.86. The average molecular weight is 400 g/mol. The maximum atomic E-state index is 12.2. The molecule has 2 heterocycles. The van der Waals surface area contributed by atoms with Gasteiger partial charge in [0.05, 0.1) is 5.56 Å². The molecule has 0 aliphatic heterocycles. The topological polar surface area (TPSA) is 84.2 Å². The molecule has 3 rings (SSSR count). The Labute approximate surface area is 152 Å². The van der Waals surface area contributed by atoms with E-state index in [-0.39, 0.29) is 24.1 Å². The fourth-order valence-corrected chi connectivity index (χ4v) is 2.50. The largest absolute Gasteiger partial charge is 0.444 e. The molecule has 3 aromatic rings. The van der Waals surface area contributed by atoms with E-state index in [1.165, 1.54) is 6.20 Å². The number of benzene rings is 1. The maximum Gasteiger partial charge on any atom is 0.291 e. The lowest BCUT2D eigenvalue weighted by Gasteiger charge is -2.11. The fraction of sp³-hybridized carbons (Fsp3) is 0.0556. The van der Waals surface area contributed by atoms with Gasteiger partial charge < -0.3 is 15.1 Å². The smallest absolute Gasteiger partial charge is 0.291 e. The number of rotatable bonds is 5. The third kappa shape index (κ3) is 4.33. The summed E-state index contributed by atoms with van der Waals surface area (Å²) >= 11 is 3.16. The number of pyridine rings is 1. The van der Waals surface area contributed by atoms with Gasteiger partial charge >= 0.3 is 0 Å². The Balaban J connectivity index is 1.68. The van der Waals surface area contributed by atoms with Crippen LogP contribution < -0.4 is 10.6 Å². The van der Waals surface area contributed by atoms with Crippen LogP contribution in [0.2, 0.25) is 0 Å². The SMILES string of the molecule is O=C(NCc1ccccc1NC(=O)c1ccc(Br)o1)c1cccnc1. The van der Waals surface area contributed by atoms with Gasteiger partial charge in [0.2, 0.25) is 0 Å². The standard InChI is InChI=1S/C18H14BrN3O3/c19-16-8-7-15(25-16)18(24)22-14-6-2-1-4-12(14)11-21-17(23)13-5-3-9-20-10-13/h1-10H,11H2,(H,21,23)(H,22,24). The van der Waals surface area contributed by atoms with E-state index in [0.29, 0.717) is 15.9 Å². The van der Waals surface area contributed by atoms with Crippen molar-refractivity contribution in [3.05, 3.63) is 82.5 Å². The van der Waals surface area contributed by atoms with Gasteiger partial charge in [0, 0.05) is 24.6 Å². The molecule has 0 radical (unpaired) electrons. The molecule has 0 saturated carbocycles. The number of furan rings is 1. The summed E-state index contributed by atoms with van der Waals surface area (Å²) in [6, 6.07) is 13.8. The van der Waals surface area contributed by atoms with E-state index in [4.69, 9.17) is 4.42 Å². The lowest BCUT2D eigenvalue weighted by molar-refractivity contribution is 0.0950. The maximum absolute atomic E-state index is 12.2. The summed E-state index contributed by atoms with van der Waals surface area (Å²) in [6.07, 6.45) is 3.10. The van der Waals surface area contributed by atoms with E-state index in [1.54, 1.807) is 42.6 Å². The number of anilines is 1. The number of hydrogen-bond donors (Lipinski definition) is 2. The van der Waals surface area contributed by atoms with Crippen LogP contribution in [0, 0.1) is 0 Å². The second-order valence-electron chi connectivity index (χ2n) is 5.14. The van der Waals surface area contributed by atoms with E-state index in [1.807, 2.05) is 12.1 Å². The molecular weight excluding hydrogens is 386 g/mol. The number of nitrogens with one attached hydrogen (secondary N) is 2. The molecule has 6 nitrogen and oxygen atoms in total. The zero-order chi connectivity index (χ0) is 17.6. The third-order valence-corrected chi connectivity index (χ3v) is 3.85. The first-order valence-corrected chi connectivity index (χ1v) is 8.25. The van der Waals surface area contributed by atoms with E-state index >= 15 is 0 Å². The molecule has 0 saturated heterocycles. The minimum Gasteiger partial charge on any atom is -0.444 e. The first-order valence-electron chi connectivity index (χ1n) is 7.46. The Kier molecular flexibility index (Phi) is 5.25. The van der Waals surface area contributed by atoms with Gasteiger partial charge in [0.15, 0.2) is 10.4 Å². The van der Waals surface area contributed by atoms with Crippen molar-refractivity contribution in [3.63, 3.8) is 0 Å². The summed E-state index contributed by atoms with van der Waals surface area (Å²) in [6.45, 7) is 0.270. The molecule has 126 valence electrons. The number of aromatic nitrogens is 1. The van der Waals surface area contributed by atoms with Crippen molar-refractivity contribution in [1.82, 2.24) is 10.3 Å². The summed E-state index contributed by atoms with van der Waals surface area (Å²) in [4.78, 5) is 28.3. The van der Waals surface area contributed by atoms with Gasteiger partial charge in [0.25, 0.3) is 11.8 Å². The van der Waals surface area contributed by atoms with Crippen molar-refractivity contribution in [3.8, 4) is 0 Å². The van der Waals surface area contributed by atoms with Crippen molar-refractivity contribution in [1.29, 1.82) is 0 Å². The second-order valence-corrected chi connectivity index (χ2v) is 5.92. The highest BCUT2D eigenvalue weighted by Gasteiger charge is 2.13. The van der Waals surface area contributed by atoms with Gasteiger partial charge in [-0.05, 0) is 51.8 Å². The number of carbonyl (C=O) groups excluding carboxylic acids is 2. The highest BCUT2D eigenvalue weighted by Crippen LogP contribution is 2.19. The molecule has 0 aliphatic carbocycles. The van der Waals surface area contributed by atoms with E-state index in [9.17, 15) is 9.59 Å². The van der Waals surface area contributed by atoms with Crippen molar-refractivity contribution in [2.75, 3.05) is 5.32 Å². The van der Waals surface area contributed by atoms with Crippen molar-refractivity contribution >= 4 is 33.4 Å². The van der Waals surface area contributed by atoms with Crippen LogP contribution in [-0.4, -0.2) is 16.8 Å². The van der Waals surface area contributed by atoms with Crippen LogP contribution in [0.5, 0.6) is 0 Å². The molecule has 0 spiro atoms. The monoisotopic (exact) mass is 399 g/mol. The predicted molar refractivity (Wildman–Crippen MR) is 96.2 cm³/mol. The van der Waals surface area contributed by atoms with Crippen LogP contribution in [-0.2, 0) is 6.54 Å². The van der Waals surface area contributed by atoms with Crippen LogP contribution in [0.4, 0.5) is 5.69 Å². The van der Waals surface area contributed by atoms with Gasteiger partial charge in [-0.25, -0.2) is 0 Å². The number of para-hydroxylation sites is 1. The Hall–Kier alpha value is -2.93. The lowest BCUT2D eigenvalue weighted by Crippen LogP contribution is -2.24. The molecule has 0 aliphatic rings. The molecule has 1 aromatic carbocycles. The molecule has 0 fully saturated rings. The van der Waals surface area contributed by atoms with Crippen LogP contribution in [0.1, 0.15) is 26.5 Å². The van der Waals surface area contributed by atoms with Gasteiger partial charge in [-0.2, -0.15) is 0 Å². The number of halogens is 1. The van der Waals surface area contributed by atoms with Crippen molar-refractivity contribution in [2.45, 2.75) is 6.54 Å². The summed E-state index contributed by atoms with van der Waals surface area (Å²) in [5, 5.41) is 5.60. The summed E-state index contributed by atoms with van der Waals surface area (Å²) in [7, 11) is 0. The lowest BCUT2D eigenvalue weighted by atomic mass is 10.1. The van der Waals surface area contributed by atoms with Crippen LogP contribution >= 0.6 is 15.9 Å². The van der Waals surface area contributed by atoms with E-state index < -0.39 is 0 Å². The third-order valence-electron chi connectivity index (χ3n) is 3.43.